The molecule has 0 radical (unpaired) electrons. The van der Waals surface area contributed by atoms with Gasteiger partial charge in [-0.25, -0.2) is 4.68 Å². The standard InChI is InChI=1S/C14H15N3O3/c1-10-8-11(2)17(16-10)14(19)9-15-13(18)6-5-12-4-3-7-20-12/h3-8H,9H2,1-2H3,(H,15,18)/b6-5+. The van der Waals surface area contributed by atoms with Crippen molar-refractivity contribution in [2.45, 2.75) is 13.8 Å². The molecule has 2 heterocycles. The first kappa shape index (κ1) is 13.8. The minimum absolute atomic E-state index is 0.108. The number of rotatable bonds is 4. The van der Waals surface area contributed by atoms with Crippen molar-refractivity contribution in [1.82, 2.24) is 15.1 Å². The molecule has 1 N–H and O–H groups in total. The predicted molar refractivity (Wildman–Crippen MR) is 73.1 cm³/mol. The number of nitrogens with one attached hydrogen (secondary N) is 1. The second-order valence-electron chi connectivity index (χ2n) is 4.30. The lowest BCUT2D eigenvalue weighted by atomic mass is 10.4. The first-order valence-electron chi connectivity index (χ1n) is 6.12. The van der Waals surface area contributed by atoms with Gasteiger partial charge in [-0.3, -0.25) is 9.59 Å². The van der Waals surface area contributed by atoms with Crippen molar-refractivity contribution in [1.29, 1.82) is 0 Å². The van der Waals surface area contributed by atoms with E-state index in [2.05, 4.69) is 10.4 Å². The number of aromatic nitrogens is 2. The van der Waals surface area contributed by atoms with Crippen LogP contribution in [0.3, 0.4) is 0 Å². The first-order chi connectivity index (χ1) is 9.56. The molecule has 2 aromatic rings. The van der Waals surface area contributed by atoms with Gasteiger partial charge in [0.15, 0.2) is 0 Å². The molecule has 104 valence electrons. The van der Waals surface area contributed by atoms with Crippen LogP contribution in [0.25, 0.3) is 6.08 Å². The monoisotopic (exact) mass is 273 g/mol. The molecule has 6 nitrogen and oxygen atoms in total. The summed E-state index contributed by atoms with van der Waals surface area (Å²) in [5.41, 5.74) is 1.51. The lowest BCUT2D eigenvalue weighted by Gasteiger charge is -2.03. The Balaban J connectivity index is 1.87. The van der Waals surface area contributed by atoms with Crippen LogP contribution in [0.15, 0.2) is 35.0 Å². The van der Waals surface area contributed by atoms with Crippen molar-refractivity contribution in [3.05, 3.63) is 47.7 Å². The fraction of sp³-hybridized carbons (Fsp3) is 0.214. The SMILES string of the molecule is Cc1cc(C)n(C(=O)CNC(=O)/C=C/c2ccco2)n1. The van der Waals surface area contributed by atoms with Gasteiger partial charge < -0.3 is 9.73 Å². The molecule has 0 saturated heterocycles. The normalized spacial score (nSPS) is 10.9. The van der Waals surface area contributed by atoms with E-state index in [0.717, 1.165) is 11.4 Å². The molecule has 0 aliphatic heterocycles. The summed E-state index contributed by atoms with van der Waals surface area (Å²) >= 11 is 0. The fourth-order valence-corrected chi connectivity index (χ4v) is 1.72. The van der Waals surface area contributed by atoms with E-state index in [1.54, 1.807) is 25.1 Å². The molecule has 0 bridgehead atoms. The molecule has 0 aliphatic carbocycles. The van der Waals surface area contributed by atoms with Gasteiger partial charge in [0.1, 0.15) is 5.76 Å². The molecule has 2 rings (SSSR count). The maximum absolute atomic E-state index is 11.9. The van der Waals surface area contributed by atoms with E-state index in [1.165, 1.54) is 23.1 Å². The quantitative estimate of drug-likeness (QED) is 0.858. The Morgan fingerprint density at radius 2 is 2.25 bits per heavy atom. The molecule has 20 heavy (non-hydrogen) atoms. The number of carbonyl (C=O) groups excluding carboxylic acids is 2. The molecule has 0 aromatic carbocycles. The van der Waals surface area contributed by atoms with Gasteiger partial charge in [-0.15, -0.1) is 0 Å². The van der Waals surface area contributed by atoms with Gasteiger partial charge in [0.05, 0.1) is 18.5 Å². The smallest absolute Gasteiger partial charge is 0.266 e. The Hall–Kier alpha value is -2.63. The van der Waals surface area contributed by atoms with E-state index in [9.17, 15) is 9.59 Å². The molecule has 6 heteroatoms. The molecular formula is C14H15N3O3. The highest BCUT2D eigenvalue weighted by molar-refractivity contribution is 5.94. The Labute approximate surface area is 116 Å². The van der Waals surface area contributed by atoms with Crippen LogP contribution in [0, 0.1) is 13.8 Å². The molecule has 0 atom stereocenters. The van der Waals surface area contributed by atoms with Crippen LogP contribution in [0.5, 0.6) is 0 Å². The summed E-state index contributed by atoms with van der Waals surface area (Å²) in [4.78, 5) is 23.4. The fourth-order valence-electron chi connectivity index (χ4n) is 1.72. The average Bonchev–Trinajstić information content (AvgIpc) is 3.03. The summed E-state index contributed by atoms with van der Waals surface area (Å²) in [7, 11) is 0. The zero-order valence-electron chi connectivity index (χ0n) is 11.3. The lowest BCUT2D eigenvalue weighted by molar-refractivity contribution is -0.116. The number of amides is 1. The highest BCUT2D eigenvalue weighted by Gasteiger charge is 2.10. The number of hydrogen-bond donors (Lipinski definition) is 1. The minimum Gasteiger partial charge on any atom is -0.465 e. The molecule has 0 fully saturated rings. The highest BCUT2D eigenvalue weighted by atomic mass is 16.3. The number of hydrogen-bond acceptors (Lipinski definition) is 4. The van der Waals surface area contributed by atoms with Gasteiger partial charge in [-0.2, -0.15) is 5.10 Å². The zero-order valence-corrected chi connectivity index (χ0v) is 11.3. The van der Waals surface area contributed by atoms with Gasteiger partial charge in [-0.05, 0) is 38.1 Å². The minimum atomic E-state index is -0.365. The van der Waals surface area contributed by atoms with Crippen LogP contribution < -0.4 is 5.32 Å². The Kier molecular flexibility index (Phi) is 4.14. The predicted octanol–water partition coefficient (Wildman–Crippen LogP) is 1.56. The van der Waals surface area contributed by atoms with E-state index in [-0.39, 0.29) is 18.4 Å². The van der Waals surface area contributed by atoms with Crippen molar-refractivity contribution in [3.8, 4) is 0 Å². The average molecular weight is 273 g/mol. The number of nitrogens with zero attached hydrogens (tertiary/aromatic N) is 2. The molecule has 1 amide bonds. The third-order valence-corrected chi connectivity index (χ3v) is 2.60. The number of furan rings is 1. The maximum atomic E-state index is 11.9. The summed E-state index contributed by atoms with van der Waals surface area (Å²) in [6, 6.07) is 5.26. The summed E-state index contributed by atoms with van der Waals surface area (Å²) in [6.45, 7) is 3.49. The van der Waals surface area contributed by atoms with E-state index in [4.69, 9.17) is 4.42 Å². The molecular weight excluding hydrogens is 258 g/mol. The second kappa shape index (κ2) is 6.01. The van der Waals surface area contributed by atoms with Crippen LogP contribution in [-0.4, -0.2) is 28.1 Å². The number of aryl methyl sites for hydroxylation is 2. The van der Waals surface area contributed by atoms with Crippen LogP contribution in [0.2, 0.25) is 0 Å². The summed E-state index contributed by atoms with van der Waals surface area (Å²) < 4.78 is 6.33. The largest absolute Gasteiger partial charge is 0.465 e. The third-order valence-electron chi connectivity index (χ3n) is 2.60. The van der Waals surface area contributed by atoms with E-state index >= 15 is 0 Å². The van der Waals surface area contributed by atoms with Gasteiger partial charge in [0.2, 0.25) is 5.91 Å². The van der Waals surface area contributed by atoms with Crippen molar-refractivity contribution in [2.75, 3.05) is 6.54 Å². The first-order valence-corrected chi connectivity index (χ1v) is 6.12. The van der Waals surface area contributed by atoms with Crippen molar-refractivity contribution in [2.24, 2.45) is 0 Å². The summed E-state index contributed by atoms with van der Waals surface area (Å²) in [5, 5.41) is 6.56. The van der Waals surface area contributed by atoms with Crippen molar-refractivity contribution < 1.29 is 14.0 Å². The Morgan fingerprint density at radius 3 is 2.85 bits per heavy atom. The number of carbonyl (C=O) groups is 2. The van der Waals surface area contributed by atoms with E-state index in [1.807, 2.05) is 6.92 Å². The lowest BCUT2D eigenvalue weighted by Crippen LogP contribution is -2.32. The molecule has 0 spiro atoms. The summed E-state index contributed by atoms with van der Waals surface area (Å²) in [5.74, 6) is -0.0725. The van der Waals surface area contributed by atoms with Gasteiger partial charge in [0.25, 0.3) is 5.91 Å². The van der Waals surface area contributed by atoms with Crippen LogP contribution in [0.4, 0.5) is 0 Å². The Bertz CT molecular complexity index is 639. The maximum Gasteiger partial charge on any atom is 0.266 e. The third kappa shape index (κ3) is 3.44. The second-order valence-corrected chi connectivity index (χ2v) is 4.30. The zero-order chi connectivity index (χ0) is 14.5. The van der Waals surface area contributed by atoms with Gasteiger partial charge in [-0.1, -0.05) is 0 Å². The topological polar surface area (TPSA) is 77.1 Å². The summed E-state index contributed by atoms with van der Waals surface area (Å²) in [6.07, 6.45) is 4.36. The molecule has 0 unspecified atom stereocenters. The van der Waals surface area contributed by atoms with Crippen molar-refractivity contribution in [3.63, 3.8) is 0 Å². The van der Waals surface area contributed by atoms with Crippen molar-refractivity contribution >= 4 is 17.9 Å². The van der Waals surface area contributed by atoms with Crippen LogP contribution in [-0.2, 0) is 4.79 Å². The van der Waals surface area contributed by atoms with Crippen LogP contribution in [0.1, 0.15) is 21.9 Å². The molecule has 2 aromatic heterocycles. The molecule has 0 aliphatic rings. The van der Waals surface area contributed by atoms with Crippen LogP contribution >= 0.6 is 0 Å². The Morgan fingerprint density at radius 1 is 1.45 bits per heavy atom. The molecule has 0 saturated carbocycles. The van der Waals surface area contributed by atoms with Gasteiger partial charge in [0, 0.05) is 11.8 Å². The van der Waals surface area contributed by atoms with E-state index in [0.29, 0.717) is 5.76 Å². The van der Waals surface area contributed by atoms with Gasteiger partial charge >= 0.3 is 0 Å². The highest BCUT2D eigenvalue weighted by Crippen LogP contribution is 2.02. The van der Waals surface area contributed by atoms with E-state index < -0.39 is 0 Å².